The molecule has 7 heteroatoms. The van der Waals surface area contributed by atoms with Gasteiger partial charge in [0.15, 0.2) is 0 Å². The van der Waals surface area contributed by atoms with E-state index < -0.39 is 10.0 Å². The lowest BCUT2D eigenvalue weighted by molar-refractivity contribution is 0.0828. The summed E-state index contributed by atoms with van der Waals surface area (Å²) in [5, 5.41) is 0. The minimum atomic E-state index is -3.95. The van der Waals surface area contributed by atoms with Crippen LogP contribution in [0.2, 0.25) is 0 Å². The molecule has 3 rings (SSSR count). The van der Waals surface area contributed by atoms with Crippen LogP contribution in [-0.2, 0) is 16.6 Å². The highest BCUT2D eigenvalue weighted by Gasteiger charge is 2.29. The summed E-state index contributed by atoms with van der Waals surface area (Å²) in [7, 11) is 0.845. The summed E-state index contributed by atoms with van der Waals surface area (Å²) in [4.78, 5) is 14.3. The van der Waals surface area contributed by atoms with E-state index in [-0.39, 0.29) is 17.3 Å². The van der Waals surface area contributed by atoms with E-state index in [0.717, 1.165) is 5.56 Å². The Balaban J connectivity index is 2.15. The molecular formula is C23H24N2O4S. The Kier molecular flexibility index (Phi) is 6.42. The zero-order valence-corrected chi connectivity index (χ0v) is 18.0. The molecule has 0 fully saturated rings. The minimum Gasteiger partial charge on any atom is -0.497 e. The Labute approximate surface area is 177 Å². The van der Waals surface area contributed by atoms with E-state index in [4.69, 9.17) is 4.74 Å². The van der Waals surface area contributed by atoms with E-state index in [1.54, 1.807) is 50.5 Å². The molecule has 0 radical (unpaired) electrons. The first-order valence-corrected chi connectivity index (χ1v) is 10.8. The molecule has 0 unspecified atom stereocenters. The summed E-state index contributed by atoms with van der Waals surface area (Å²) in [6, 6.07) is 22.2. The lowest BCUT2D eigenvalue weighted by atomic mass is 10.1. The van der Waals surface area contributed by atoms with E-state index in [2.05, 4.69) is 0 Å². The number of para-hydroxylation sites is 1. The van der Waals surface area contributed by atoms with Gasteiger partial charge in [-0.05, 0) is 42.0 Å². The number of carbonyl (C=O) groups excluding carboxylic acids is 1. The van der Waals surface area contributed by atoms with Crippen molar-refractivity contribution in [2.45, 2.75) is 11.4 Å². The molecule has 1 amide bonds. The number of sulfonamides is 1. The highest BCUT2D eigenvalue weighted by molar-refractivity contribution is 7.92. The molecule has 3 aromatic rings. The zero-order chi connectivity index (χ0) is 21.7. The summed E-state index contributed by atoms with van der Waals surface area (Å²) < 4.78 is 33.7. The molecule has 0 saturated carbocycles. The summed E-state index contributed by atoms with van der Waals surface area (Å²) in [5.74, 6) is 0.292. The van der Waals surface area contributed by atoms with Crippen molar-refractivity contribution in [3.8, 4) is 5.75 Å². The van der Waals surface area contributed by atoms with Crippen LogP contribution in [0.5, 0.6) is 5.75 Å². The Morgan fingerprint density at radius 1 is 0.867 bits per heavy atom. The number of methoxy groups -OCH3 is 1. The molecule has 0 aliphatic rings. The third-order valence-corrected chi connectivity index (χ3v) is 6.40. The average Bonchev–Trinajstić information content (AvgIpc) is 2.77. The fourth-order valence-corrected chi connectivity index (χ4v) is 4.51. The lowest BCUT2D eigenvalue weighted by Crippen LogP contribution is -2.33. The fourth-order valence-electron chi connectivity index (χ4n) is 3.04. The van der Waals surface area contributed by atoms with Crippen LogP contribution in [0.15, 0.2) is 83.8 Å². The molecule has 0 spiro atoms. The second-order valence-corrected chi connectivity index (χ2v) is 8.75. The highest BCUT2D eigenvalue weighted by atomic mass is 32.2. The van der Waals surface area contributed by atoms with Crippen LogP contribution in [0.3, 0.4) is 0 Å². The maximum Gasteiger partial charge on any atom is 0.264 e. The maximum absolute atomic E-state index is 13.6. The summed E-state index contributed by atoms with van der Waals surface area (Å²) in [6.07, 6.45) is 0. The van der Waals surface area contributed by atoms with Crippen LogP contribution in [0, 0.1) is 0 Å². The third-order valence-electron chi connectivity index (χ3n) is 4.63. The third kappa shape index (κ3) is 4.46. The predicted octanol–water partition coefficient (Wildman–Crippen LogP) is 3.79. The molecule has 0 aliphatic carbocycles. The van der Waals surface area contributed by atoms with Gasteiger partial charge in [0.25, 0.3) is 15.9 Å². The van der Waals surface area contributed by atoms with Crippen molar-refractivity contribution in [3.63, 3.8) is 0 Å². The number of rotatable bonds is 7. The molecule has 0 heterocycles. The van der Waals surface area contributed by atoms with E-state index in [1.165, 1.54) is 28.4 Å². The van der Waals surface area contributed by atoms with Crippen LogP contribution in [-0.4, -0.2) is 40.4 Å². The van der Waals surface area contributed by atoms with E-state index in [9.17, 15) is 13.2 Å². The Morgan fingerprint density at radius 3 is 2.07 bits per heavy atom. The monoisotopic (exact) mass is 424 g/mol. The van der Waals surface area contributed by atoms with Crippen molar-refractivity contribution in [1.82, 2.24) is 4.90 Å². The molecule has 0 bridgehead atoms. The van der Waals surface area contributed by atoms with Crippen molar-refractivity contribution in [2.24, 2.45) is 0 Å². The number of benzene rings is 3. The quantitative estimate of drug-likeness (QED) is 0.579. The van der Waals surface area contributed by atoms with Gasteiger partial charge >= 0.3 is 0 Å². The van der Waals surface area contributed by atoms with Gasteiger partial charge in [-0.3, -0.25) is 9.10 Å². The molecular weight excluding hydrogens is 400 g/mol. The number of amides is 1. The van der Waals surface area contributed by atoms with Crippen molar-refractivity contribution in [2.75, 3.05) is 25.5 Å². The van der Waals surface area contributed by atoms with Gasteiger partial charge in [0.2, 0.25) is 0 Å². The maximum atomic E-state index is 13.6. The van der Waals surface area contributed by atoms with Gasteiger partial charge in [-0.15, -0.1) is 0 Å². The number of hydrogen-bond acceptors (Lipinski definition) is 4. The van der Waals surface area contributed by atoms with Crippen LogP contribution in [0.1, 0.15) is 15.9 Å². The lowest BCUT2D eigenvalue weighted by Gasteiger charge is -2.27. The van der Waals surface area contributed by atoms with Crippen LogP contribution >= 0.6 is 0 Å². The molecule has 6 nitrogen and oxygen atoms in total. The largest absolute Gasteiger partial charge is 0.497 e. The van der Waals surface area contributed by atoms with Crippen LogP contribution in [0.25, 0.3) is 0 Å². The number of ether oxygens (including phenoxy) is 1. The van der Waals surface area contributed by atoms with Gasteiger partial charge < -0.3 is 9.64 Å². The van der Waals surface area contributed by atoms with Gasteiger partial charge in [-0.25, -0.2) is 8.42 Å². The fraction of sp³-hybridized carbons (Fsp3) is 0.174. The molecule has 3 aromatic carbocycles. The molecule has 0 aromatic heterocycles. The van der Waals surface area contributed by atoms with Gasteiger partial charge in [-0.2, -0.15) is 0 Å². The standard InChI is InChI=1S/C23H24N2O4S/c1-24(2)23(26)21-11-7-8-12-22(21)25(17-18-9-5-4-6-10-18)30(27,28)20-15-13-19(29-3)14-16-20/h4-16H,17H2,1-3H3. The first kappa shape index (κ1) is 21.4. The summed E-state index contributed by atoms with van der Waals surface area (Å²) in [6.45, 7) is 0.0902. The molecule has 0 aliphatic heterocycles. The van der Waals surface area contributed by atoms with Gasteiger partial charge in [0.1, 0.15) is 5.75 Å². The number of carbonyl (C=O) groups is 1. The SMILES string of the molecule is COc1ccc(S(=O)(=O)N(Cc2ccccc2)c2ccccc2C(=O)N(C)C)cc1. The second-order valence-electron chi connectivity index (χ2n) is 6.89. The predicted molar refractivity (Wildman–Crippen MR) is 117 cm³/mol. The molecule has 156 valence electrons. The summed E-state index contributed by atoms with van der Waals surface area (Å²) in [5.41, 5.74) is 1.45. The molecule has 0 saturated heterocycles. The van der Waals surface area contributed by atoms with Crippen LogP contribution in [0.4, 0.5) is 5.69 Å². The second kappa shape index (κ2) is 9.00. The molecule has 0 atom stereocenters. The van der Waals surface area contributed by atoms with E-state index >= 15 is 0 Å². The Morgan fingerprint density at radius 2 is 1.47 bits per heavy atom. The zero-order valence-electron chi connectivity index (χ0n) is 17.1. The smallest absolute Gasteiger partial charge is 0.264 e. The molecule has 0 N–H and O–H groups in total. The number of nitrogens with zero attached hydrogens (tertiary/aromatic N) is 2. The highest BCUT2D eigenvalue weighted by Crippen LogP contribution is 2.30. The van der Waals surface area contributed by atoms with Crippen molar-refractivity contribution >= 4 is 21.6 Å². The van der Waals surface area contributed by atoms with Crippen molar-refractivity contribution in [3.05, 3.63) is 90.0 Å². The Hall–Kier alpha value is -3.32. The van der Waals surface area contributed by atoms with Gasteiger partial charge in [0.05, 0.1) is 29.8 Å². The Bertz CT molecular complexity index is 1110. The summed E-state index contributed by atoms with van der Waals surface area (Å²) >= 11 is 0. The van der Waals surface area contributed by atoms with E-state index in [1.807, 2.05) is 30.3 Å². The van der Waals surface area contributed by atoms with E-state index in [0.29, 0.717) is 17.0 Å². The van der Waals surface area contributed by atoms with Crippen molar-refractivity contribution in [1.29, 1.82) is 0 Å². The topological polar surface area (TPSA) is 66.9 Å². The number of anilines is 1. The first-order valence-electron chi connectivity index (χ1n) is 9.36. The van der Waals surface area contributed by atoms with Gasteiger partial charge in [-0.1, -0.05) is 42.5 Å². The normalized spacial score (nSPS) is 11.0. The van der Waals surface area contributed by atoms with Gasteiger partial charge in [0, 0.05) is 14.1 Å². The van der Waals surface area contributed by atoms with Crippen molar-refractivity contribution < 1.29 is 17.9 Å². The van der Waals surface area contributed by atoms with Crippen LogP contribution < -0.4 is 9.04 Å². The minimum absolute atomic E-state index is 0.0902. The number of hydrogen-bond donors (Lipinski definition) is 0. The first-order chi connectivity index (χ1) is 14.3. The average molecular weight is 425 g/mol. The molecule has 30 heavy (non-hydrogen) atoms.